The summed E-state index contributed by atoms with van der Waals surface area (Å²) in [5.41, 5.74) is 0.974. The van der Waals surface area contributed by atoms with Gasteiger partial charge in [0.1, 0.15) is 17.4 Å². The first-order valence-corrected chi connectivity index (χ1v) is 9.94. The quantitative estimate of drug-likeness (QED) is 0.641. The number of amides is 1. The predicted octanol–water partition coefficient (Wildman–Crippen LogP) is 4.02. The number of nitrogens with one attached hydrogen (secondary N) is 1. The molecule has 0 atom stereocenters. The van der Waals surface area contributed by atoms with Gasteiger partial charge in [-0.3, -0.25) is 4.79 Å². The van der Waals surface area contributed by atoms with Crippen LogP contribution >= 0.6 is 0 Å². The summed E-state index contributed by atoms with van der Waals surface area (Å²) < 4.78 is 5.26. The Bertz CT molecular complexity index is 948. The van der Waals surface area contributed by atoms with Crippen molar-refractivity contribution in [2.75, 3.05) is 11.4 Å². The first-order chi connectivity index (χ1) is 13.6. The molecular weight excluding hydrogens is 352 g/mol. The molecule has 0 unspecified atom stereocenters. The molecule has 1 aliphatic rings. The summed E-state index contributed by atoms with van der Waals surface area (Å²) in [6.45, 7) is 5.28. The summed E-state index contributed by atoms with van der Waals surface area (Å²) in [5, 5.41) is 3.95. The van der Waals surface area contributed by atoms with Gasteiger partial charge in [-0.1, -0.05) is 12.1 Å². The van der Waals surface area contributed by atoms with Gasteiger partial charge in [0.2, 0.25) is 5.91 Å². The molecule has 0 bridgehead atoms. The maximum absolute atomic E-state index is 12.3. The predicted molar refractivity (Wildman–Crippen MR) is 109 cm³/mol. The van der Waals surface area contributed by atoms with Gasteiger partial charge in [-0.25, -0.2) is 9.97 Å². The molecule has 6 heteroatoms. The van der Waals surface area contributed by atoms with Crippen LogP contribution in [0.4, 0.5) is 5.82 Å². The van der Waals surface area contributed by atoms with Crippen LogP contribution in [0.2, 0.25) is 0 Å². The molecule has 0 aliphatic heterocycles. The lowest BCUT2D eigenvalue weighted by Gasteiger charge is -2.29. The molecule has 4 rings (SSSR count). The van der Waals surface area contributed by atoms with Gasteiger partial charge in [0, 0.05) is 30.3 Å². The number of fused-ring (bicyclic) bond motifs is 1. The highest BCUT2D eigenvalue weighted by Gasteiger charge is 2.28. The molecule has 0 saturated heterocycles. The molecule has 2 aromatic heterocycles. The number of anilines is 1. The van der Waals surface area contributed by atoms with E-state index < -0.39 is 0 Å². The monoisotopic (exact) mass is 378 g/mol. The zero-order valence-electron chi connectivity index (χ0n) is 16.4. The second-order valence-electron chi connectivity index (χ2n) is 7.59. The molecule has 1 fully saturated rings. The zero-order valence-corrected chi connectivity index (χ0v) is 16.4. The number of benzene rings is 1. The minimum atomic E-state index is 0.00262. The van der Waals surface area contributed by atoms with E-state index in [1.165, 1.54) is 0 Å². The first-order valence-electron chi connectivity index (χ1n) is 9.94. The Hall–Kier alpha value is -2.89. The Kier molecular flexibility index (Phi) is 5.28. The van der Waals surface area contributed by atoms with Gasteiger partial charge in [0.15, 0.2) is 0 Å². The molecule has 2 heterocycles. The Morgan fingerprint density at radius 2 is 2.04 bits per heavy atom. The van der Waals surface area contributed by atoms with Crippen molar-refractivity contribution in [1.82, 2.24) is 15.3 Å². The van der Waals surface area contributed by atoms with Crippen molar-refractivity contribution in [1.29, 1.82) is 0 Å². The van der Waals surface area contributed by atoms with E-state index >= 15 is 0 Å². The number of rotatable bonds is 8. The third-order valence-corrected chi connectivity index (χ3v) is 5.06. The Morgan fingerprint density at radius 3 is 2.75 bits per heavy atom. The minimum absolute atomic E-state index is 0.00262. The van der Waals surface area contributed by atoms with Crippen molar-refractivity contribution in [3.8, 4) is 0 Å². The highest BCUT2D eigenvalue weighted by Crippen LogP contribution is 2.40. The summed E-state index contributed by atoms with van der Waals surface area (Å²) in [6.07, 6.45) is 4.33. The number of hydrogen-bond acceptors (Lipinski definition) is 5. The number of furan rings is 1. The molecule has 1 aromatic carbocycles. The lowest BCUT2D eigenvalue weighted by molar-refractivity contribution is -0.121. The van der Waals surface area contributed by atoms with Crippen molar-refractivity contribution in [3.05, 3.63) is 54.2 Å². The van der Waals surface area contributed by atoms with Crippen molar-refractivity contribution in [3.63, 3.8) is 0 Å². The van der Waals surface area contributed by atoms with Gasteiger partial charge in [-0.15, -0.1) is 0 Å². The summed E-state index contributed by atoms with van der Waals surface area (Å²) >= 11 is 0. The van der Waals surface area contributed by atoms with E-state index in [9.17, 15) is 4.79 Å². The van der Waals surface area contributed by atoms with E-state index in [2.05, 4.69) is 30.1 Å². The van der Waals surface area contributed by atoms with E-state index in [0.717, 1.165) is 41.1 Å². The number of hydrogen-bond donors (Lipinski definition) is 1. The first kappa shape index (κ1) is 18.5. The topological polar surface area (TPSA) is 71.3 Å². The van der Waals surface area contributed by atoms with Crippen molar-refractivity contribution in [2.24, 2.45) is 0 Å². The van der Waals surface area contributed by atoms with E-state index in [0.29, 0.717) is 25.4 Å². The molecule has 1 amide bonds. The third kappa shape index (κ3) is 4.16. The molecule has 1 aliphatic carbocycles. The highest BCUT2D eigenvalue weighted by atomic mass is 16.3. The Labute approximate surface area is 165 Å². The van der Waals surface area contributed by atoms with Crippen LogP contribution in [-0.4, -0.2) is 28.5 Å². The Balaban J connectivity index is 1.52. The summed E-state index contributed by atoms with van der Waals surface area (Å²) in [4.78, 5) is 24.2. The standard InChI is InChI=1S/C22H26N4O2/c1-15(2)26(12-11-20(27)23-14-17-6-5-13-28-17)22-18-7-3-4-8-19(18)24-21(25-22)16-9-10-16/h3-8,13,15-16H,9-12,14H2,1-2H3,(H,23,27). The fourth-order valence-electron chi connectivity index (χ4n) is 3.34. The number of aromatic nitrogens is 2. The number of nitrogens with zero attached hydrogens (tertiary/aromatic N) is 3. The lowest BCUT2D eigenvalue weighted by atomic mass is 10.2. The van der Waals surface area contributed by atoms with Crippen LogP contribution in [0.15, 0.2) is 47.1 Å². The SMILES string of the molecule is CC(C)N(CCC(=O)NCc1ccco1)c1nc(C2CC2)nc2ccccc12. The smallest absolute Gasteiger partial charge is 0.222 e. The second-order valence-corrected chi connectivity index (χ2v) is 7.59. The Morgan fingerprint density at radius 1 is 1.21 bits per heavy atom. The number of carbonyl (C=O) groups excluding carboxylic acids is 1. The fraction of sp³-hybridized carbons (Fsp3) is 0.409. The van der Waals surface area contributed by atoms with Gasteiger partial charge in [0.05, 0.1) is 18.3 Å². The van der Waals surface area contributed by atoms with Crippen LogP contribution in [-0.2, 0) is 11.3 Å². The lowest BCUT2D eigenvalue weighted by Crippen LogP contribution is -2.36. The maximum Gasteiger partial charge on any atom is 0.222 e. The van der Waals surface area contributed by atoms with Crippen LogP contribution < -0.4 is 10.2 Å². The van der Waals surface area contributed by atoms with Gasteiger partial charge in [-0.05, 0) is 51.0 Å². The zero-order chi connectivity index (χ0) is 19.5. The molecule has 6 nitrogen and oxygen atoms in total. The fourth-order valence-corrected chi connectivity index (χ4v) is 3.34. The van der Waals surface area contributed by atoms with Gasteiger partial charge < -0.3 is 14.6 Å². The van der Waals surface area contributed by atoms with Gasteiger partial charge in [-0.2, -0.15) is 0 Å². The largest absolute Gasteiger partial charge is 0.467 e. The molecule has 28 heavy (non-hydrogen) atoms. The van der Waals surface area contributed by atoms with Crippen molar-refractivity contribution in [2.45, 2.75) is 51.6 Å². The van der Waals surface area contributed by atoms with Gasteiger partial charge in [0.25, 0.3) is 0 Å². The minimum Gasteiger partial charge on any atom is -0.467 e. The average Bonchev–Trinajstić information content (AvgIpc) is 3.42. The van der Waals surface area contributed by atoms with E-state index in [1.807, 2.05) is 30.3 Å². The molecule has 1 saturated carbocycles. The van der Waals surface area contributed by atoms with Crippen molar-refractivity contribution >= 4 is 22.6 Å². The number of carbonyl (C=O) groups is 1. The molecule has 1 N–H and O–H groups in total. The van der Waals surface area contributed by atoms with E-state index in [-0.39, 0.29) is 11.9 Å². The van der Waals surface area contributed by atoms with Crippen LogP contribution in [0.3, 0.4) is 0 Å². The van der Waals surface area contributed by atoms with Crippen LogP contribution in [0, 0.1) is 0 Å². The molecule has 146 valence electrons. The van der Waals surface area contributed by atoms with Crippen LogP contribution in [0.25, 0.3) is 10.9 Å². The molecular formula is C22H26N4O2. The third-order valence-electron chi connectivity index (χ3n) is 5.06. The molecule has 0 radical (unpaired) electrons. The highest BCUT2D eigenvalue weighted by molar-refractivity contribution is 5.90. The van der Waals surface area contributed by atoms with Crippen LogP contribution in [0.1, 0.15) is 50.6 Å². The van der Waals surface area contributed by atoms with E-state index in [1.54, 1.807) is 6.26 Å². The summed E-state index contributed by atoms with van der Waals surface area (Å²) in [6, 6.07) is 12.0. The van der Waals surface area contributed by atoms with E-state index in [4.69, 9.17) is 14.4 Å². The summed E-state index contributed by atoms with van der Waals surface area (Å²) in [7, 11) is 0. The normalized spacial score (nSPS) is 13.8. The maximum atomic E-state index is 12.3. The second kappa shape index (κ2) is 8.00. The summed E-state index contributed by atoms with van der Waals surface area (Å²) in [5.74, 6) is 3.10. The van der Waals surface area contributed by atoms with Crippen LogP contribution in [0.5, 0.6) is 0 Å². The average molecular weight is 378 g/mol. The van der Waals surface area contributed by atoms with Gasteiger partial charge >= 0.3 is 0 Å². The molecule has 3 aromatic rings. The number of para-hydroxylation sites is 1. The van der Waals surface area contributed by atoms with Crippen molar-refractivity contribution < 1.29 is 9.21 Å². The molecule has 0 spiro atoms.